The fourth-order valence-electron chi connectivity index (χ4n) is 1.67. The highest BCUT2D eigenvalue weighted by atomic mass is 16.6. The molecule has 0 fully saturated rings. The maximum absolute atomic E-state index is 11.5. The van der Waals surface area contributed by atoms with Crippen molar-refractivity contribution in [1.29, 1.82) is 0 Å². The Labute approximate surface area is 123 Å². The van der Waals surface area contributed by atoms with E-state index in [1.165, 1.54) is 5.56 Å². The molecule has 0 radical (unpaired) electrons. The minimum absolute atomic E-state index is 0.372. The average molecular weight is 279 g/mol. The van der Waals surface area contributed by atoms with Gasteiger partial charge in [-0.05, 0) is 38.3 Å². The van der Waals surface area contributed by atoms with Gasteiger partial charge in [-0.2, -0.15) is 0 Å². The molecule has 0 aromatic heterocycles. The summed E-state index contributed by atoms with van der Waals surface area (Å²) >= 11 is 0. The first kappa shape index (κ1) is 18.5. The summed E-state index contributed by atoms with van der Waals surface area (Å²) in [6, 6.07) is 8.27. The van der Waals surface area contributed by atoms with Crippen LogP contribution in [-0.2, 0) is 17.7 Å². The van der Waals surface area contributed by atoms with Crippen molar-refractivity contribution >= 4 is 6.09 Å². The fourth-order valence-corrected chi connectivity index (χ4v) is 1.67. The van der Waals surface area contributed by atoms with Crippen LogP contribution >= 0.6 is 0 Å². The number of alkyl carbamates (subject to hydrolysis) is 1. The van der Waals surface area contributed by atoms with Crippen LogP contribution < -0.4 is 5.32 Å². The number of carbonyl (C=O) groups is 1. The normalized spacial score (nSPS) is 10.3. The number of carbonyl (C=O) groups excluding carboxylic acids is 1. The average Bonchev–Trinajstić information content (AvgIpc) is 2.38. The molecular formula is C17H29NO2. The minimum atomic E-state index is -0.450. The Balaban J connectivity index is 0.00000172. The molecule has 1 rings (SSSR count). The molecule has 3 nitrogen and oxygen atoms in total. The summed E-state index contributed by atoms with van der Waals surface area (Å²) in [6.07, 6.45) is 1.83. The summed E-state index contributed by atoms with van der Waals surface area (Å²) in [4.78, 5) is 11.5. The predicted octanol–water partition coefficient (Wildman–Crippen LogP) is 4.69. The third-order valence-corrected chi connectivity index (χ3v) is 2.37. The molecule has 0 spiro atoms. The van der Waals surface area contributed by atoms with Crippen molar-refractivity contribution in [3.8, 4) is 0 Å². The second-order valence-corrected chi connectivity index (χ2v) is 5.43. The topological polar surface area (TPSA) is 38.3 Å². The standard InChI is InChI=1S/C15H23NO2.C2H6/c1-5-7-12-8-6-9-13(10-12)11-16-14(17)18-15(2,3)4;1-2/h6,8-10H,5,7,11H2,1-4H3,(H,16,17);1-2H3. The lowest BCUT2D eigenvalue weighted by Gasteiger charge is -2.19. The number of hydrogen-bond donors (Lipinski definition) is 1. The van der Waals surface area contributed by atoms with Crippen molar-refractivity contribution in [3.63, 3.8) is 0 Å². The Morgan fingerprint density at radius 2 is 1.80 bits per heavy atom. The van der Waals surface area contributed by atoms with Gasteiger partial charge in [0, 0.05) is 6.54 Å². The van der Waals surface area contributed by atoms with Crippen LogP contribution in [0.2, 0.25) is 0 Å². The van der Waals surface area contributed by atoms with E-state index in [0.717, 1.165) is 18.4 Å². The van der Waals surface area contributed by atoms with Crippen LogP contribution in [0.25, 0.3) is 0 Å². The number of hydrogen-bond acceptors (Lipinski definition) is 2. The second-order valence-electron chi connectivity index (χ2n) is 5.43. The van der Waals surface area contributed by atoms with Gasteiger partial charge in [0.1, 0.15) is 5.60 Å². The highest BCUT2D eigenvalue weighted by Crippen LogP contribution is 2.09. The minimum Gasteiger partial charge on any atom is -0.444 e. The highest BCUT2D eigenvalue weighted by Gasteiger charge is 2.15. The van der Waals surface area contributed by atoms with Crippen LogP contribution in [0.15, 0.2) is 24.3 Å². The van der Waals surface area contributed by atoms with Crippen LogP contribution in [0.4, 0.5) is 4.79 Å². The van der Waals surface area contributed by atoms with E-state index in [1.54, 1.807) is 0 Å². The Kier molecular flexibility index (Phi) is 8.69. The zero-order valence-corrected chi connectivity index (χ0v) is 13.7. The summed E-state index contributed by atoms with van der Waals surface area (Å²) in [6.45, 7) is 12.2. The van der Waals surface area contributed by atoms with Crippen molar-refractivity contribution in [2.45, 2.75) is 66.5 Å². The molecule has 0 saturated carbocycles. The van der Waals surface area contributed by atoms with Crippen molar-refractivity contribution in [2.24, 2.45) is 0 Å². The molecule has 1 aromatic carbocycles. The Morgan fingerprint density at radius 3 is 2.35 bits per heavy atom. The van der Waals surface area contributed by atoms with E-state index in [0.29, 0.717) is 6.54 Å². The van der Waals surface area contributed by atoms with Crippen LogP contribution in [-0.4, -0.2) is 11.7 Å². The number of rotatable bonds is 4. The van der Waals surface area contributed by atoms with Crippen molar-refractivity contribution in [1.82, 2.24) is 5.32 Å². The van der Waals surface area contributed by atoms with Crippen molar-refractivity contribution < 1.29 is 9.53 Å². The van der Waals surface area contributed by atoms with E-state index < -0.39 is 5.60 Å². The Morgan fingerprint density at radius 1 is 1.20 bits per heavy atom. The monoisotopic (exact) mass is 279 g/mol. The largest absolute Gasteiger partial charge is 0.444 e. The third kappa shape index (κ3) is 8.57. The van der Waals surface area contributed by atoms with Gasteiger partial charge < -0.3 is 10.1 Å². The van der Waals surface area contributed by atoms with E-state index in [1.807, 2.05) is 46.8 Å². The lowest BCUT2D eigenvalue weighted by atomic mass is 10.1. The molecule has 0 saturated heterocycles. The predicted molar refractivity (Wildman–Crippen MR) is 84.9 cm³/mol. The zero-order chi connectivity index (χ0) is 15.6. The molecule has 0 heterocycles. The van der Waals surface area contributed by atoms with Crippen molar-refractivity contribution in [2.75, 3.05) is 0 Å². The van der Waals surface area contributed by atoms with Gasteiger partial charge in [-0.15, -0.1) is 0 Å². The highest BCUT2D eigenvalue weighted by molar-refractivity contribution is 5.67. The van der Waals surface area contributed by atoms with E-state index in [2.05, 4.69) is 24.4 Å². The molecule has 1 aromatic rings. The smallest absolute Gasteiger partial charge is 0.407 e. The number of ether oxygens (including phenoxy) is 1. The molecule has 3 heteroatoms. The maximum Gasteiger partial charge on any atom is 0.407 e. The summed E-state index contributed by atoms with van der Waals surface area (Å²) in [5.74, 6) is 0. The van der Waals surface area contributed by atoms with Gasteiger partial charge in [-0.1, -0.05) is 51.5 Å². The van der Waals surface area contributed by atoms with E-state index >= 15 is 0 Å². The molecular weight excluding hydrogens is 250 g/mol. The van der Waals surface area contributed by atoms with Gasteiger partial charge in [-0.3, -0.25) is 0 Å². The molecule has 1 N–H and O–H groups in total. The van der Waals surface area contributed by atoms with E-state index in [-0.39, 0.29) is 6.09 Å². The number of aryl methyl sites for hydroxylation is 1. The molecule has 1 amide bonds. The SMILES string of the molecule is CC.CCCc1cccc(CNC(=O)OC(C)(C)C)c1. The van der Waals surface area contributed by atoms with E-state index in [4.69, 9.17) is 4.74 Å². The molecule has 0 aliphatic rings. The van der Waals surface area contributed by atoms with Gasteiger partial charge in [0.15, 0.2) is 0 Å². The lowest BCUT2D eigenvalue weighted by molar-refractivity contribution is 0.0523. The van der Waals surface area contributed by atoms with Crippen LogP contribution in [0.5, 0.6) is 0 Å². The summed E-state index contributed by atoms with van der Waals surface area (Å²) in [7, 11) is 0. The number of amides is 1. The summed E-state index contributed by atoms with van der Waals surface area (Å²) in [5, 5.41) is 2.76. The van der Waals surface area contributed by atoms with Gasteiger partial charge in [0.2, 0.25) is 0 Å². The lowest BCUT2D eigenvalue weighted by Crippen LogP contribution is -2.32. The van der Waals surface area contributed by atoms with Gasteiger partial charge in [0.25, 0.3) is 0 Å². The van der Waals surface area contributed by atoms with Crippen molar-refractivity contribution in [3.05, 3.63) is 35.4 Å². The fraction of sp³-hybridized carbons (Fsp3) is 0.588. The molecule has 0 unspecified atom stereocenters. The van der Waals surface area contributed by atoms with Crippen LogP contribution in [0.1, 0.15) is 59.1 Å². The summed E-state index contributed by atoms with van der Waals surface area (Å²) < 4.78 is 5.19. The molecule has 0 aliphatic carbocycles. The van der Waals surface area contributed by atoms with Crippen LogP contribution in [0, 0.1) is 0 Å². The summed E-state index contributed by atoms with van der Waals surface area (Å²) in [5.41, 5.74) is 1.96. The third-order valence-electron chi connectivity index (χ3n) is 2.37. The van der Waals surface area contributed by atoms with Crippen LogP contribution in [0.3, 0.4) is 0 Å². The first-order valence-corrected chi connectivity index (χ1v) is 7.45. The first-order chi connectivity index (χ1) is 9.40. The number of nitrogens with one attached hydrogen (secondary N) is 1. The molecule has 20 heavy (non-hydrogen) atoms. The maximum atomic E-state index is 11.5. The molecule has 0 atom stereocenters. The molecule has 114 valence electrons. The Hall–Kier alpha value is -1.51. The number of benzene rings is 1. The Bertz CT molecular complexity index is 394. The second kappa shape index (κ2) is 9.40. The zero-order valence-electron chi connectivity index (χ0n) is 13.7. The molecule has 0 aliphatic heterocycles. The van der Waals surface area contributed by atoms with Gasteiger partial charge >= 0.3 is 6.09 Å². The quantitative estimate of drug-likeness (QED) is 0.868. The van der Waals surface area contributed by atoms with Gasteiger partial charge in [0.05, 0.1) is 0 Å². The first-order valence-electron chi connectivity index (χ1n) is 7.45. The van der Waals surface area contributed by atoms with E-state index in [9.17, 15) is 4.79 Å². The molecule has 0 bridgehead atoms. The van der Waals surface area contributed by atoms with Gasteiger partial charge in [-0.25, -0.2) is 4.79 Å².